The summed E-state index contributed by atoms with van der Waals surface area (Å²) in [5.41, 5.74) is 0.852. The zero-order valence-electron chi connectivity index (χ0n) is 11.5. The lowest BCUT2D eigenvalue weighted by Gasteiger charge is -2.10. The SMILES string of the molecule is C#Cc1cc(-c2cc(C)[nH]c(=O)c2C#N)cc(F)c1OC. The lowest BCUT2D eigenvalue weighted by atomic mass is 9.98. The topological polar surface area (TPSA) is 65.9 Å². The molecule has 0 saturated carbocycles. The number of ether oxygens (including phenoxy) is 1. The minimum Gasteiger partial charge on any atom is -0.492 e. The molecule has 0 fully saturated rings. The fraction of sp³-hybridized carbons (Fsp3) is 0.125. The van der Waals surface area contributed by atoms with E-state index in [1.165, 1.54) is 19.2 Å². The van der Waals surface area contributed by atoms with Crippen molar-refractivity contribution in [1.29, 1.82) is 5.26 Å². The molecule has 2 rings (SSSR count). The highest BCUT2D eigenvalue weighted by molar-refractivity contribution is 5.73. The summed E-state index contributed by atoms with van der Waals surface area (Å²) in [5.74, 6) is 1.64. The van der Waals surface area contributed by atoms with E-state index >= 15 is 0 Å². The molecule has 1 aromatic heterocycles. The van der Waals surface area contributed by atoms with Gasteiger partial charge in [0.2, 0.25) is 0 Å². The standard InChI is InChI=1S/C16H11FN2O2/c1-4-10-6-11(7-14(17)15(10)21-3)12-5-9(2)19-16(20)13(12)8-18/h1,5-7H,2-3H3,(H,19,20). The maximum atomic E-state index is 14.0. The van der Waals surface area contributed by atoms with E-state index in [0.29, 0.717) is 16.8 Å². The Hall–Kier alpha value is -3.05. The molecule has 0 amide bonds. The highest BCUT2D eigenvalue weighted by Crippen LogP contribution is 2.30. The van der Waals surface area contributed by atoms with Crippen LogP contribution < -0.4 is 10.3 Å². The fourth-order valence-corrected chi connectivity index (χ4v) is 2.09. The molecule has 1 heterocycles. The molecule has 4 nitrogen and oxygen atoms in total. The number of nitriles is 1. The summed E-state index contributed by atoms with van der Waals surface area (Å²) < 4.78 is 18.9. The van der Waals surface area contributed by atoms with Crippen LogP contribution in [0.4, 0.5) is 4.39 Å². The van der Waals surface area contributed by atoms with E-state index in [-0.39, 0.29) is 16.9 Å². The van der Waals surface area contributed by atoms with E-state index in [1.807, 2.05) is 6.07 Å². The third kappa shape index (κ3) is 2.50. The summed E-state index contributed by atoms with van der Waals surface area (Å²) in [6.45, 7) is 1.67. The first-order valence-corrected chi connectivity index (χ1v) is 6.00. The largest absolute Gasteiger partial charge is 0.492 e. The predicted octanol–water partition coefficient (Wildman–Crippen LogP) is 2.35. The Kier molecular flexibility index (Phi) is 3.77. The second-order valence-corrected chi connectivity index (χ2v) is 4.37. The lowest BCUT2D eigenvalue weighted by molar-refractivity contribution is 0.385. The van der Waals surface area contributed by atoms with Crippen molar-refractivity contribution in [2.24, 2.45) is 0 Å². The van der Waals surface area contributed by atoms with Crippen LogP contribution in [0.1, 0.15) is 16.8 Å². The highest BCUT2D eigenvalue weighted by Gasteiger charge is 2.15. The number of nitrogens with one attached hydrogen (secondary N) is 1. The summed E-state index contributed by atoms with van der Waals surface area (Å²) in [4.78, 5) is 14.3. The monoisotopic (exact) mass is 282 g/mol. The van der Waals surface area contributed by atoms with Crippen LogP contribution >= 0.6 is 0 Å². The van der Waals surface area contributed by atoms with Gasteiger partial charge in [0.25, 0.3) is 5.56 Å². The van der Waals surface area contributed by atoms with E-state index < -0.39 is 11.4 Å². The second-order valence-electron chi connectivity index (χ2n) is 4.37. The van der Waals surface area contributed by atoms with Gasteiger partial charge in [-0.1, -0.05) is 5.92 Å². The Morgan fingerprint density at radius 3 is 2.67 bits per heavy atom. The normalized spacial score (nSPS) is 9.76. The van der Waals surface area contributed by atoms with Crippen LogP contribution in [0.2, 0.25) is 0 Å². The molecule has 0 aliphatic heterocycles. The average molecular weight is 282 g/mol. The smallest absolute Gasteiger partial charge is 0.266 e. The minimum absolute atomic E-state index is 0.0404. The Bertz CT molecular complexity index is 854. The van der Waals surface area contributed by atoms with Crippen LogP contribution in [0.5, 0.6) is 5.75 Å². The number of rotatable bonds is 2. The van der Waals surface area contributed by atoms with Gasteiger partial charge in [0.15, 0.2) is 11.6 Å². The number of aromatic nitrogens is 1. The molecular formula is C16H11FN2O2. The zero-order valence-corrected chi connectivity index (χ0v) is 11.5. The first kappa shape index (κ1) is 14.4. The van der Waals surface area contributed by atoms with Gasteiger partial charge >= 0.3 is 0 Å². The molecule has 21 heavy (non-hydrogen) atoms. The van der Waals surface area contributed by atoms with Crippen LogP contribution in [0.25, 0.3) is 11.1 Å². The molecule has 104 valence electrons. The van der Waals surface area contributed by atoms with Crippen LogP contribution in [0.3, 0.4) is 0 Å². The van der Waals surface area contributed by atoms with Crippen molar-refractivity contribution in [2.45, 2.75) is 6.92 Å². The van der Waals surface area contributed by atoms with Crippen molar-refractivity contribution >= 4 is 0 Å². The van der Waals surface area contributed by atoms with Crippen molar-refractivity contribution in [3.05, 3.63) is 51.2 Å². The van der Waals surface area contributed by atoms with Gasteiger partial charge in [-0.15, -0.1) is 6.42 Å². The number of nitrogens with zero attached hydrogens (tertiary/aromatic N) is 1. The van der Waals surface area contributed by atoms with Gasteiger partial charge in [0.1, 0.15) is 11.6 Å². The first-order valence-electron chi connectivity index (χ1n) is 6.00. The van der Waals surface area contributed by atoms with Gasteiger partial charge in [-0.05, 0) is 30.7 Å². The van der Waals surface area contributed by atoms with Crippen molar-refractivity contribution in [2.75, 3.05) is 7.11 Å². The molecule has 0 unspecified atom stereocenters. The molecule has 0 aliphatic carbocycles. The van der Waals surface area contributed by atoms with Gasteiger partial charge in [0, 0.05) is 11.3 Å². The molecule has 0 saturated heterocycles. The second kappa shape index (κ2) is 5.52. The zero-order chi connectivity index (χ0) is 15.6. The van der Waals surface area contributed by atoms with Crippen LogP contribution in [-0.4, -0.2) is 12.1 Å². The average Bonchev–Trinajstić information content (AvgIpc) is 2.45. The predicted molar refractivity (Wildman–Crippen MR) is 76.4 cm³/mol. The van der Waals surface area contributed by atoms with E-state index in [0.717, 1.165) is 0 Å². The quantitative estimate of drug-likeness (QED) is 0.860. The highest BCUT2D eigenvalue weighted by atomic mass is 19.1. The van der Waals surface area contributed by atoms with E-state index in [4.69, 9.17) is 16.4 Å². The number of terminal acetylenes is 1. The van der Waals surface area contributed by atoms with Gasteiger partial charge in [-0.3, -0.25) is 4.79 Å². The maximum absolute atomic E-state index is 14.0. The number of methoxy groups -OCH3 is 1. The van der Waals surface area contributed by atoms with Crippen molar-refractivity contribution < 1.29 is 9.13 Å². The third-order valence-corrected chi connectivity index (χ3v) is 2.99. The first-order chi connectivity index (χ1) is 10.0. The molecular weight excluding hydrogens is 271 g/mol. The third-order valence-electron chi connectivity index (χ3n) is 2.99. The Balaban J connectivity index is 2.81. The number of hydrogen-bond acceptors (Lipinski definition) is 3. The van der Waals surface area contributed by atoms with Crippen LogP contribution in [-0.2, 0) is 0 Å². The number of H-pyrrole nitrogens is 1. The Morgan fingerprint density at radius 1 is 1.38 bits per heavy atom. The molecule has 1 N–H and O–H groups in total. The number of pyridine rings is 1. The van der Waals surface area contributed by atoms with Gasteiger partial charge in [-0.25, -0.2) is 4.39 Å². The summed E-state index contributed by atoms with van der Waals surface area (Å²) in [6.07, 6.45) is 5.34. The molecule has 0 aliphatic rings. The van der Waals surface area contributed by atoms with Gasteiger partial charge < -0.3 is 9.72 Å². The van der Waals surface area contributed by atoms with Gasteiger partial charge in [0.05, 0.1) is 12.7 Å². The molecule has 2 aromatic rings. The Morgan fingerprint density at radius 2 is 2.10 bits per heavy atom. The molecule has 1 aromatic carbocycles. The molecule has 0 radical (unpaired) electrons. The van der Waals surface area contributed by atoms with Crippen LogP contribution in [0, 0.1) is 36.4 Å². The molecule has 0 spiro atoms. The molecule has 5 heteroatoms. The molecule has 0 bridgehead atoms. The summed E-state index contributed by atoms with van der Waals surface area (Å²) in [7, 11) is 1.32. The summed E-state index contributed by atoms with van der Waals surface area (Å²) >= 11 is 0. The fourth-order valence-electron chi connectivity index (χ4n) is 2.09. The number of benzene rings is 1. The number of hydrogen-bond donors (Lipinski definition) is 1. The number of halogens is 1. The van der Waals surface area contributed by atoms with Gasteiger partial charge in [-0.2, -0.15) is 5.26 Å². The minimum atomic E-state index is -0.648. The van der Waals surface area contributed by atoms with Crippen molar-refractivity contribution in [1.82, 2.24) is 4.98 Å². The van der Waals surface area contributed by atoms with E-state index in [2.05, 4.69) is 10.9 Å². The van der Waals surface area contributed by atoms with E-state index in [1.54, 1.807) is 13.0 Å². The van der Waals surface area contributed by atoms with Crippen molar-refractivity contribution in [3.8, 4) is 35.3 Å². The molecule has 0 atom stereocenters. The van der Waals surface area contributed by atoms with E-state index in [9.17, 15) is 9.18 Å². The lowest BCUT2D eigenvalue weighted by Crippen LogP contribution is -2.12. The summed E-state index contributed by atoms with van der Waals surface area (Å²) in [6, 6.07) is 6.12. The van der Waals surface area contributed by atoms with Crippen molar-refractivity contribution in [3.63, 3.8) is 0 Å². The number of aromatic amines is 1. The maximum Gasteiger partial charge on any atom is 0.266 e. The Labute approximate surface area is 120 Å². The number of aryl methyl sites for hydroxylation is 1. The summed E-state index contributed by atoms with van der Waals surface area (Å²) in [5, 5.41) is 9.12. The van der Waals surface area contributed by atoms with Crippen LogP contribution in [0.15, 0.2) is 23.0 Å².